The third-order valence-corrected chi connectivity index (χ3v) is 3.98. The number of aliphatic hydroxyl groups is 1. The standard InChI is InChI=1S/C17H18O3/c1-19-16-9-13-12(11-6-4-3-5-7-11)8-15(18)14(13)10-17(16)20-2/h3-7,9-10,12,15,18H,8H2,1-2H3/t12-,15-/m0/s1. The fourth-order valence-corrected chi connectivity index (χ4v) is 2.98. The zero-order valence-corrected chi connectivity index (χ0v) is 11.7. The SMILES string of the molecule is COc1cc2c(cc1OC)[C@@H](O)C[C@H]2c1ccccc1. The summed E-state index contributed by atoms with van der Waals surface area (Å²) in [7, 11) is 3.24. The quantitative estimate of drug-likeness (QED) is 0.930. The molecule has 1 aliphatic carbocycles. The second-order valence-electron chi connectivity index (χ2n) is 5.05. The maximum atomic E-state index is 10.3. The highest BCUT2D eigenvalue weighted by atomic mass is 16.5. The molecule has 0 saturated heterocycles. The van der Waals surface area contributed by atoms with Crippen molar-refractivity contribution in [3.63, 3.8) is 0 Å². The predicted molar refractivity (Wildman–Crippen MR) is 77.4 cm³/mol. The summed E-state index contributed by atoms with van der Waals surface area (Å²) in [6.07, 6.45) is 0.255. The number of aliphatic hydroxyl groups excluding tert-OH is 1. The summed E-state index contributed by atoms with van der Waals surface area (Å²) in [4.78, 5) is 0. The first-order valence-corrected chi connectivity index (χ1v) is 6.73. The van der Waals surface area contributed by atoms with Crippen LogP contribution < -0.4 is 9.47 Å². The summed E-state index contributed by atoms with van der Waals surface area (Å²) >= 11 is 0. The fraction of sp³-hybridized carbons (Fsp3) is 0.294. The highest BCUT2D eigenvalue weighted by molar-refractivity contribution is 5.53. The molecule has 3 nitrogen and oxygen atoms in total. The molecule has 0 aromatic heterocycles. The zero-order valence-electron chi connectivity index (χ0n) is 11.7. The van der Waals surface area contributed by atoms with Gasteiger partial charge < -0.3 is 14.6 Å². The molecule has 104 valence electrons. The third kappa shape index (κ3) is 2.04. The second-order valence-corrected chi connectivity index (χ2v) is 5.05. The van der Waals surface area contributed by atoms with E-state index in [-0.39, 0.29) is 5.92 Å². The average Bonchev–Trinajstić information content (AvgIpc) is 2.83. The molecule has 3 heteroatoms. The van der Waals surface area contributed by atoms with Crippen LogP contribution in [0.3, 0.4) is 0 Å². The van der Waals surface area contributed by atoms with Crippen LogP contribution in [-0.2, 0) is 0 Å². The van der Waals surface area contributed by atoms with Crippen LogP contribution in [0.5, 0.6) is 11.5 Å². The predicted octanol–water partition coefficient (Wildman–Crippen LogP) is 3.27. The summed E-state index contributed by atoms with van der Waals surface area (Å²) in [6.45, 7) is 0. The van der Waals surface area contributed by atoms with Crippen molar-refractivity contribution >= 4 is 0 Å². The number of hydrogen-bond donors (Lipinski definition) is 1. The van der Waals surface area contributed by atoms with Gasteiger partial charge in [-0.05, 0) is 35.2 Å². The summed E-state index contributed by atoms with van der Waals surface area (Å²) < 4.78 is 10.7. The van der Waals surface area contributed by atoms with Crippen LogP contribution in [0.1, 0.15) is 35.1 Å². The number of hydrogen-bond acceptors (Lipinski definition) is 3. The normalized spacial score (nSPS) is 20.6. The molecule has 0 aliphatic heterocycles. The number of fused-ring (bicyclic) bond motifs is 1. The summed E-state index contributed by atoms with van der Waals surface area (Å²) in [5.74, 6) is 1.58. The molecule has 2 atom stereocenters. The minimum Gasteiger partial charge on any atom is -0.493 e. The molecule has 0 saturated carbocycles. The Bertz CT molecular complexity index is 607. The Morgan fingerprint density at radius 3 is 2.15 bits per heavy atom. The molecule has 1 N–H and O–H groups in total. The molecule has 0 spiro atoms. The molecular weight excluding hydrogens is 252 g/mol. The van der Waals surface area contributed by atoms with Gasteiger partial charge in [0.2, 0.25) is 0 Å². The van der Waals surface area contributed by atoms with Gasteiger partial charge in [0, 0.05) is 5.92 Å². The van der Waals surface area contributed by atoms with Crippen molar-refractivity contribution in [2.45, 2.75) is 18.4 Å². The van der Waals surface area contributed by atoms with E-state index in [1.165, 1.54) is 5.56 Å². The smallest absolute Gasteiger partial charge is 0.161 e. The van der Waals surface area contributed by atoms with Gasteiger partial charge in [-0.3, -0.25) is 0 Å². The Balaban J connectivity index is 2.10. The second kappa shape index (κ2) is 5.17. The van der Waals surface area contributed by atoms with Crippen molar-refractivity contribution in [2.75, 3.05) is 14.2 Å². The maximum Gasteiger partial charge on any atom is 0.161 e. The van der Waals surface area contributed by atoms with Gasteiger partial charge in [-0.25, -0.2) is 0 Å². The largest absolute Gasteiger partial charge is 0.493 e. The Morgan fingerprint density at radius 2 is 1.55 bits per heavy atom. The van der Waals surface area contributed by atoms with Crippen LogP contribution >= 0.6 is 0 Å². The van der Waals surface area contributed by atoms with E-state index in [1.54, 1.807) is 14.2 Å². The van der Waals surface area contributed by atoms with Gasteiger partial charge in [0.25, 0.3) is 0 Å². The summed E-state index contributed by atoms with van der Waals surface area (Å²) in [5.41, 5.74) is 3.29. The number of methoxy groups -OCH3 is 2. The Kier molecular flexibility index (Phi) is 3.36. The van der Waals surface area contributed by atoms with Crippen molar-refractivity contribution in [3.05, 3.63) is 59.2 Å². The maximum absolute atomic E-state index is 10.3. The molecule has 0 fully saturated rings. The molecule has 0 radical (unpaired) electrons. The van der Waals surface area contributed by atoms with Crippen molar-refractivity contribution in [2.24, 2.45) is 0 Å². The monoisotopic (exact) mass is 270 g/mol. The van der Waals surface area contributed by atoms with E-state index >= 15 is 0 Å². The van der Waals surface area contributed by atoms with Gasteiger partial charge >= 0.3 is 0 Å². The van der Waals surface area contributed by atoms with Gasteiger partial charge in [0.05, 0.1) is 20.3 Å². The average molecular weight is 270 g/mol. The van der Waals surface area contributed by atoms with Crippen LogP contribution in [0.25, 0.3) is 0 Å². The molecular formula is C17H18O3. The van der Waals surface area contributed by atoms with Crippen LogP contribution in [0.4, 0.5) is 0 Å². The lowest BCUT2D eigenvalue weighted by molar-refractivity contribution is 0.176. The molecule has 3 rings (SSSR count). The van der Waals surface area contributed by atoms with Crippen LogP contribution in [0.15, 0.2) is 42.5 Å². The molecule has 0 unspecified atom stereocenters. The molecule has 20 heavy (non-hydrogen) atoms. The molecule has 0 amide bonds. The van der Waals surface area contributed by atoms with Gasteiger partial charge in [0.15, 0.2) is 11.5 Å². The first-order chi connectivity index (χ1) is 9.74. The first-order valence-electron chi connectivity index (χ1n) is 6.73. The lowest BCUT2D eigenvalue weighted by Gasteiger charge is -2.14. The van der Waals surface area contributed by atoms with E-state index in [9.17, 15) is 5.11 Å². The van der Waals surface area contributed by atoms with Gasteiger partial charge in [0.1, 0.15) is 0 Å². The van der Waals surface area contributed by atoms with Gasteiger partial charge in [-0.2, -0.15) is 0 Å². The van der Waals surface area contributed by atoms with Crippen LogP contribution in [-0.4, -0.2) is 19.3 Å². The van der Waals surface area contributed by atoms with Crippen LogP contribution in [0.2, 0.25) is 0 Å². The van der Waals surface area contributed by atoms with E-state index in [2.05, 4.69) is 12.1 Å². The number of rotatable bonds is 3. The lowest BCUT2D eigenvalue weighted by atomic mass is 9.93. The van der Waals surface area contributed by atoms with E-state index < -0.39 is 6.10 Å². The Morgan fingerprint density at radius 1 is 0.950 bits per heavy atom. The molecule has 1 aliphatic rings. The molecule has 2 aromatic rings. The first kappa shape index (κ1) is 13.0. The Labute approximate surface area is 118 Å². The minimum atomic E-state index is -0.449. The minimum absolute atomic E-state index is 0.209. The zero-order chi connectivity index (χ0) is 14.1. The van der Waals surface area contributed by atoms with Gasteiger partial charge in [-0.1, -0.05) is 30.3 Å². The summed E-state index contributed by atoms with van der Waals surface area (Å²) in [6, 6.07) is 14.1. The summed E-state index contributed by atoms with van der Waals surface area (Å²) in [5, 5.41) is 10.3. The molecule has 0 heterocycles. The van der Waals surface area contributed by atoms with E-state index in [1.807, 2.05) is 30.3 Å². The number of benzene rings is 2. The Hall–Kier alpha value is -2.00. The van der Waals surface area contributed by atoms with E-state index in [0.29, 0.717) is 17.9 Å². The van der Waals surface area contributed by atoms with Crippen LogP contribution in [0, 0.1) is 0 Å². The molecule has 0 bridgehead atoms. The number of ether oxygens (including phenoxy) is 2. The van der Waals surface area contributed by atoms with Crippen molar-refractivity contribution < 1.29 is 14.6 Å². The van der Waals surface area contributed by atoms with E-state index in [0.717, 1.165) is 11.1 Å². The van der Waals surface area contributed by atoms with Crippen molar-refractivity contribution in [3.8, 4) is 11.5 Å². The van der Waals surface area contributed by atoms with E-state index in [4.69, 9.17) is 9.47 Å². The van der Waals surface area contributed by atoms with Gasteiger partial charge in [-0.15, -0.1) is 0 Å². The molecule has 2 aromatic carbocycles. The van der Waals surface area contributed by atoms with Crippen molar-refractivity contribution in [1.29, 1.82) is 0 Å². The third-order valence-electron chi connectivity index (χ3n) is 3.98. The lowest BCUT2D eigenvalue weighted by Crippen LogP contribution is -1.98. The van der Waals surface area contributed by atoms with Crippen molar-refractivity contribution in [1.82, 2.24) is 0 Å². The fourth-order valence-electron chi connectivity index (χ4n) is 2.98. The highest BCUT2D eigenvalue weighted by Gasteiger charge is 2.32. The highest BCUT2D eigenvalue weighted by Crippen LogP contribution is 2.47. The topological polar surface area (TPSA) is 38.7 Å².